The van der Waals surface area contributed by atoms with Gasteiger partial charge in [-0.15, -0.1) is 0 Å². The first-order chi connectivity index (χ1) is 38.9. The molecule has 8 rings (SSSR count). The number of hydrogen-bond donors (Lipinski definition) is 2. The van der Waals surface area contributed by atoms with E-state index in [1.165, 1.54) is 12.5 Å². The number of ether oxygens (including phenoxy) is 1. The number of para-hydroxylation sites is 4. The van der Waals surface area contributed by atoms with Crippen LogP contribution in [0.2, 0.25) is 0 Å². The summed E-state index contributed by atoms with van der Waals surface area (Å²) >= 11 is 12.4. The second kappa shape index (κ2) is 44.7. The van der Waals surface area contributed by atoms with Crippen molar-refractivity contribution in [1.29, 1.82) is 0 Å². The predicted octanol–water partition coefficient (Wildman–Crippen LogP) is 9.08. The molecule has 0 fully saturated rings. The summed E-state index contributed by atoms with van der Waals surface area (Å²) in [5.41, 5.74) is 14.1. The van der Waals surface area contributed by atoms with Gasteiger partial charge < -0.3 is 30.3 Å². The van der Waals surface area contributed by atoms with Gasteiger partial charge in [0.25, 0.3) is 5.97 Å². The first kappa shape index (κ1) is 78.2. The summed E-state index contributed by atoms with van der Waals surface area (Å²) in [7, 11) is 0. The minimum absolute atomic E-state index is 0. The smallest absolute Gasteiger partial charge is 0.870 e. The van der Waals surface area contributed by atoms with E-state index in [9.17, 15) is 19.2 Å². The molecule has 0 spiro atoms. The van der Waals surface area contributed by atoms with E-state index in [4.69, 9.17) is 55.9 Å². The molecule has 0 saturated carbocycles. The van der Waals surface area contributed by atoms with Gasteiger partial charge in [-0.3, -0.25) is 24.0 Å². The summed E-state index contributed by atoms with van der Waals surface area (Å²) in [6, 6.07) is 60.9. The average Bonchev–Trinajstić information content (AvgIpc) is 3.49. The van der Waals surface area contributed by atoms with Crippen molar-refractivity contribution in [3.05, 3.63) is 262 Å². The van der Waals surface area contributed by atoms with Gasteiger partial charge in [-0.05, 0) is 91.3 Å². The van der Waals surface area contributed by atoms with Crippen LogP contribution in [0.5, 0.6) is 0 Å². The standard InChI is InChI=1S/C16H13NO2.C14H10BrN.C14H11NO.C14H9NO.C2Cl2O2.2C2H4O2.2Na.H2O/c1-12(18)19-11-13-7-9-14(10-8-13)15-5-3-4-6-16(15)17-2;1-16-14-5-3-2-4-13(14)12-8-6-11(10-15)7-9-12;2*1-15-14-5-3-2-4-13(14)12-8-6-11(10-16)7-9-12;3-1(5)2(4)6;2*1-2(3)4;;;/h3-10H,11H2,1H3;2-9H,10H2;2-9,16H,10H2;2-10H;;2*1H3,(H,3,4);;;1H2/q;;;;;;;2*+1;/p-2. The summed E-state index contributed by atoms with van der Waals surface area (Å²) in [6.07, 6.45) is 0.810. The van der Waals surface area contributed by atoms with Crippen LogP contribution in [0.15, 0.2) is 194 Å². The maximum atomic E-state index is 10.7. The zero-order chi connectivity index (χ0) is 60.1. The number of carboxylic acid groups (broad SMARTS) is 2. The molecule has 84 heavy (non-hydrogen) atoms. The van der Waals surface area contributed by atoms with Crippen molar-refractivity contribution in [2.24, 2.45) is 0 Å². The molecule has 0 amide bonds. The molecule has 0 unspecified atom stereocenters. The van der Waals surface area contributed by atoms with Crippen LogP contribution in [0.25, 0.3) is 63.9 Å². The number of benzene rings is 8. The van der Waals surface area contributed by atoms with E-state index in [1.807, 2.05) is 146 Å². The normalized spacial score (nSPS) is 8.85. The van der Waals surface area contributed by atoms with Crippen LogP contribution in [0.1, 0.15) is 47.8 Å². The van der Waals surface area contributed by atoms with E-state index in [1.54, 1.807) is 24.3 Å². The van der Waals surface area contributed by atoms with Gasteiger partial charge in [0.15, 0.2) is 22.7 Å². The Balaban J connectivity index is 0. The Labute approximate surface area is 550 Å². The molecule has 20 heteroatoms. The molecule has 0 aliphatic heterocycles. The van der Waals surface area contributed by atoms with Gasteiger partial charge in [-0.1, -0.05) is 210 Å². The molecule has 3 N–H and O–H groups in total. The third-order valence-electron chi connectivity index (χ3n) is 10.2. The molecule has 15 nitrogen and oxygen atoms in total. The van der Waals surface area contributed by atoms with Gasteiger partial charge in [0.05, 0.1) is 32.9 Å². The number of nitrogens with zero attached hydrogens (tertiary/aromatic N) is 4. The van der Waals surface area contributed by atoms with Crippen molar-refractivity contribution < 1.29 is 113 Å². The Morgan fingerprint density at radius 1 is 0.500 bits per heavy atom. The quantitative estimate of drug-likeness (QED) is 0.0250. The van der Waals surface area contributed by atoms with Crippen LogP contribution in [0, 0.1) is 26.3 Å². The number of halogens is 3. The number of aldehydes is 1. The maximum Gasteiger partial charge on any atom is 1.00 e. The van der Waals surface area contributed by atoms with Crippen molar-refractivity contribution in [2.45, 2.75) is 39.3 Å². The number of aliphatic hydroxyl groups excluding tert-OH is 1. The number of aliphatic carboxylic acids is 2. The Bertz CT molecular complexity index is 3410. The van der Waals surface area contributed by atoms with Crippen molar-refractivity contribution in [3.8, 4) is 44.5 Å². The van der Waals surface area contributed by atoms with Crippen molar-refractivity contribution in [1.82, 2.24) is 0 Å². The fourth-order valence-electron chi connectivity index (χ4n) is 6.53. The maximum absolute atomic E-state index is 10.7. The monoisotopic (exact) mass is 1250 g/mol. The second-order valence-electron chi connectivity index (χ2n) is 16.0. The first-order valence-corrected chi connectivity index (χ1v) is 25.5. The van der Waals surface area contributed by atoms with Gasteiger partial charge in [0.1, 0.15) is 12.9 Å². The molecule has 0 aliphatic carbocycles. The number of carbonyl (C=O) groups excluding carboxylic acids is 5. The molecular weight excluding hydrogens is 1200 g/mol. The first-order valence-electron chi connectivity index (χ1n) is 23.6. The van der Waals surface area contributed by atoms with Crippen molar-refractivity contribution >= 4 is 96.6 Å². The molecule has 0 bridgehead atoms. The number of rotatable bonds is 10. The van der Waals surface area contributed by atoms with Gasteiger partial charge in [0.2, 0.25) is 0 Å². The summed E-state index contributed by atoms with van der Waals surface area (Å²) in [5, 5.41) is 23.8. The molecule has 0 radical (unpaired) electrons. The van der Waals surface area contributed by atoms with Crippen LogP contribution in [-0.4, -0.2) is 50.4 Å². The third-order valence-corrected chi connectivity index (χ3v) is 11.3. The van der Waals surface area contributed by atoms with Gasteiger partial charge in [-0.2, -0.15) is 0 Å². The van der Waals surface area contributed by atoms with Crippen LogP contribution >= 0.6 is 39.1 Å². The fourth-order valence-corrected chi connectivity index (χ4v) is 6.90. The molecule has 0 aromatic heterocycles. The summed E-state index contributed by atoms with van der Waals surface area (Å²) in [5.74, 6) is -2.21. The van der Waals surface area contributed by atoms with E-state index >= 15 is 0 Å². The van der Waals surface area contributed by atoms with Crippen molar-refractivity contribution in [2.75, 3.05) is 0 Å². The topological polar surface area (TPSA) is 223 Å². The van der Waals surface area contributed by atoms with E-state index < -0.39 is 22.4 Å². The average molecular weight is 1250 g/mol. The summed E-state index contributed by atoms with van der Waals surface area (Å²) in [6.45, 7) is 32.2. The third kappa shape index (κ3) is 29.9. The summed E-state index contributed by atoms with van der Waals surface area (Å²) in [4.78, 5) is 72.0. The number of carbonyl (C=O) groups is 6. The molecule has 0 heterocycles. The van der Waals surface area contributed by atoms with Gasteiger partial charge in [0, 0.05) is 30.7 Å². The Morgan fingerprint density at radius 3 is 0.976 bits per heavy atom. The molecule has 0 saturated heterocycles. The zero-order valence-electron chi connectivity index (χ0n) is 46.2. The minimum Gasteiger partial charge on any atom is -0.870 e. The predicted molar refractivity (Wildman–Crippen MR) is 320 cm³/mol. The number of alkyl halides is 1. The fraction of sp³-hybridized carbons (Fsp3) is 0.0938. The van der Waals surface area contributed by atoms with Gasteiger partial charge >= 0.3 is 75.6 Å². The largest absolute Gasteiger partial charge is 1.00 e. The number of carboxylic acids is 2. The molecular formula is C64H51BrCl2N4Na2O11. The number of aliphatic hydroxyl groups is 1. The SMILES string of the molecule is CC(=O)O.CC(=O)[O-].O=C(Cl)C(=O)Cl.[C-]#[N+]c1ccccc1-c1ccc(C=O)cc1.[C-]#[N+]c1ccccc1-c1ccc(CBr)cc1.[C-]#[N+]c1ccccc1-c1ccc(CO)cc1.[C-]#[N+]c1ccccc1-c1ccc(COC(C)=O)cc1.[Na+].[Na+].[OH-]. The molecule has 8 aromatic rings. The van der Waals surface area contributed by atoms with E-state index in [2.05, 4.69) is 82.8 Å². The molecule has 8 aromatic carbocycles. The van der Waals surface area contributed by atoms with E-state index in [0.717, 1.165) is 81.1 Å². The molecule has 0 atom stereocenters. The summed E-state index contributed by atoms with van der Waals surface area (Å²) < 4.78 is 4.93. The number of esters is 1. The zero-order valence-corrected chi connectivity index (χ0v) is 53.3. The van der Waals surface area contributed by atoms with E-state index in [0.29, 0.717) is 28.3 Å². The van der Waals surface area contributed by atoms with Gasteiger partial charge in [-0.25, -0.2) is 19.4 Å². The Kier molecular flexibility index (Phi) is 41.6. The Hall–Kier alpha value is -7.88. The molecule has 0 aliphatic rings. The minimum atomic E-state index is -1.14. The van der Waals surface area contributed by atoms with Crippen LogP contribution < -0.4 is 64.2 Å². The van der Waals surface area contributed by atoms with Crippen LogP contribution in [0.4, 0.5) is 22.7 Å². The number of hydrogen-bond acceptors (Lipinski definition) is 10. The van der Waals surface area contributed by atoms with Crippen molar-refractivity contribution in [3.63, 3.8) is 0 Å². The van der Waals surface area contributed by atoms with E-state index in [-0.39, 0.29) is 83.8 Å². The molecule has 416 valence electrons. The van der Waals surface area contributed by atoms with Crippen LogP contribution in [-0.2, 0) is 47.3 Å². The second-order valence-corrected chi connectivity index (χ2v) is 17.2. The Morgan fingerprint density at radius 2 is 0.750 bits per heavy atom. The van der Waals surface area contributed by atoms with Crippen LogP contribution in [0.3, 0.4) is 0 Å².